The highest BCUT2D eigenvalue weighted by molar-refractivity contribution is 6.01. The Kier molecular flexibility index (Phi) is 7.19. The van der Waals surface area contributed by atoms with Crippen LogP contribution >= 0.6 is 0 Å². The minimum Gasteiger partial charge on any atom is -0.384 e. The highest BCUT2D eigenvalue weighted by atomic mass is 15.5. The van der Waals surface area contributed by atoms with E-state index in [1.54, 1.807) is 48.5 Å². The first kappa shape index (κ1) is 33.7. The van der Waals surface area contributed by atoms with Crippen LogP contribution in [0.15, 0.2) is 97.1 Å². The number of hydrogen-bond donors (Lipinski definition) is 12. The van der Waals surface area contributed by atoms with Gasteiger partial charge in [-0.1, -0.05) is 0 Å². The van der Waals surface area contributed by atoms with Crippen LogP contribution < -0.4 is 22.9 Å². The van der Waals surface area contributed by atoms with Crippen LogP contribution in [0.5, 0.6) is 0 Å². The normalized spacial score (nSPS) is 11.7. The summed E-state index contributed by atoms with van der Waals surface area (Å²) >= 11 is 0. The molecule has 0 aliphatic heterocycles. The molecule has 58 heavy (non-hydrogen) atoms. The zero-order valence-electron chi connectivity index (χ0n) is 30.2. The second kappa shape index (κ2) is 12.4. The fourth-order valence-corrected chi connectivity index (χ4v) is 7.18. The van der Waals surface area contributed by atoms with E-state index in [-0.39, 0.29) is 23.3 Å². The molecule has 0 saturated carbocycles. The number of imidazole rings is 4. The van der Waals surface area contributed by atoms with Gasteiger partial charge in [-0.2, -0.15) is 0 Å². The Morgan fingerprint density at radius 2 is 0.586 bits per heavy atom. The molecule has 18 heteroatoms. The summed E-state index contributed by atoms with van der Waals surface area (Å²) in [6.07, 6.45) is 0. The van der Waals surface area contributed by atoms with Gasteiger partial charge in [-0.05, 0) is 97.1 Å². The molecule has 0 amide bonds. The largest absolute Gasteiger partial charge is 0.384 e. The Bertz CT molecular complexity index is 2930. The van der Waals surface area contributed by atoms with Gasteiger partial charge in [0.15, 0.2) is 23.3 Å². The fourth-order valence-electron chi connectivity index (χ4n) is 7.18. The summed E-state index contributed by atoms with van der Waals surface area (Å²) in [5.74, 6) is 1.75. The van der Waals surface area contributed by atoms with Gasteiger partial charge >= 0.3 is 0 Å². The van der Waals surface area contributed by atoms with E-state index in [4.69, 9.17) is 64.5 Å². The maximum absolute atomic E-state index is 8.00. The molecule has 0 radical (unpaired) electrons. The number of fused-ring (bicyclic) bond motifs is 4. The highest BCUT2D eigenvalue weighted by Gasteiger charge is 2.26. The first-order valence-corrected chi connectivity index (χ1v) is 17.8. The zero-order valence-corrected chi connectivity index (χ0v) is 30.2. The van der Waals surface area contributed by atoms with E-state index in [0.717, 1.165) is 22.1 Å². The molecule has 6 heterocycles. The molecular weight excluding hydrogens is 733 g/mol. The van der Waals surface area contributed by atoms with Crippen molar-refractivity contribution in [2.75, 3.05) is 0 Å². The Labute approximate surface area is 326 Å². The van der Waals surface area contributed by atoms with Crippen LogP contribution in [0.1, 0.15) is 22.3 Å². The molecule has 0 aliphatic rings. The third-order valence-electron chi connectivity index (χ3n) is 10.1. The van der Waals surface area contributed by atoms with Gasteiger partial charge in [0, 0.05) is 22.3 Å². The van der Waals surface area contributed by atoms with Gasteiger partial charge in [0.25, 0.3) is 0 Å². The summed E-state index contributed by atoms with van der Waals surface area (Å²) in [6.45, 7) is 0. The first-order valence-electron chi connectivity index (χ1n) is 17.8. The first-order chi connectivity index (χ1) is 28.0. The van der Waals surface area contributed by atoms with Gasteiger partial charge in [-0.25, -0.2) is 29.3 Å². The maximum Gasteiger partial charge on any atom is 0.157 e. The number of H-pyrrole nitrogens is 4. The maximum atomic E-state index is 8.00. The van der Waals surface area contributed by atoms with Crippen LogP contribution in [0.2, 0.25) is 0 Å². The molecule has 16 N–H and O–H groups in total. The van der Waals surface area contributed by atoms with Crippen LogP contribution in [-0.2, 0) is 0 Å². The molecule has 0 bridgehead atoms. The third-order valence-corrected chi connectivity index (χ3v) is 10.1. The minimum absolute atomic E-state index is 0.0703. The van der Waals surface area contributed by atoms with E-state index in [1.165, 1.54) is 0 Å². The molecule has 0 aliphatic carbocycles. The second-order valence-corrected chi connectivity index (χ2v) is 13.8. The monoisotopic (exact) mass is 764 g/mol. The Balaban J connectivity index is 1.27. The summed E-state index contributed by atoms with van der Waals surface area (Å²) in [5, 5.41) is 32.0. The number of rotatable bonds is 9. The van der Waals surface area contributed by atoms with E-state index >= 15 is 0 Å². The van der Waals surface area contributed by atoms with E-state index in [0.29, 0.717) is 90.4 Å². The molecule has 0 spiro atoms. The Morgan fingerprint density at radius 1 is 0.362 bits per heavy atom. The molecule has 6 aromatic heterocycles. The van der Waals surface area contributed by atoms with E-state index in [1.807, 2.05) is 57.9 Å². The van der Waals surface area contributed by atoms with Crippen molar-refractivity contribution >= 4 is 67.5 Å². The summed E-state index contributed by atoms with van der Waals surface area (Å²) in [6, 6.07) is 29.2. The molecule has 10 rings (SSSR count). The van der Waals surface area contributed by atoms with Crippen molar-refractivity contribution < 1.29 is 0 Å². The number of nitrogen functional groups attached to an aromatic ring is 4. The fraction of sp³-hybridized carbons (Fsp3) is 0. The number of aromatic amines is 4. The predicted octanol–water partition coefficient (Wildman–Crippen LogP) is 4.91. The van der Waals surface area contributed by atoms with E-state index in [9.17, 15) is 0 Å². The van der Waals surface area contributed by atoms with Crippen molar-refractivity contribution in [2.45, 2.75) is 0 Å². The van der Waals surface area contributed by atoms with Crippen LogP contribution in [-0.4, -0.2) is 72.6 Å². The molecule has 282 valence electrons. The van der Waals surface area contributed by atoms with Gasteiger partial charge < -0.3 is 42.9 Å². The lowest BCUT2D eigenvalue weighted by Crippen LogP contribution is -2.16. The molecule has 0 atom stereocenters. The number of benzene rings is 4. The topological polar surface area (TPSA) is 324 Å². The van der Waals surface area contributed by atoms with Crippen molar-refractivity contribution in [3.05, 3.63) is 119 Å². The van der Waals surface area contributed by atoms with Crippen molar-refractivity contribution in [2.24, 2.45) is 22.9 Å². The molecular formula is C40H32N18. The number of nitrogens with zero attached hydrogens (tertiary/aromatic N) is 6. The Morgan fingerprint density at radius 3 is 0.793 bits per heavy atom. The molecule has 0 saturated heterocycles. The van der Waals surface area contributed by atoms with Crippen LogP contribution in [0, 0.1) is 21.6 Å². The average molecular weight is 765 g/mol. The smallest absolute Gasteiger partial charge is 0.157 e. The molecule has 4 aromatic carbocycles. The van der Waals surface area contributed by atoms with Gasteiger partial charge in [0.05, 0.1) is 44.1 Å². The number of amidine groups is 4. The van der Waals surface area contributed by atoms with E-state index in [2.05, 4.69) is 19.9 Å². The highest BCUT2D eigenvalue weighted by Crippen LogP contribution is 2.36. The van der Waals surface area contributed by atoms with Crippen LogP contribution in [0.25, 0.3) is 90.2 Å². The van der Waals surface area contributed by atoms with Gasteiger partial charge in [-0.3, -0.25) is 21.6 Å². The third kappa shape index (κ3) is 5.35. The molecule has 10 aromatic rings. The lowest BCUT2D eigenvalue weighted by molar-refractivity contribution is 0.686. The minimum atomic E-state index is -0.0703. The quantitative estimate of drug-likeness (QED) is 0.0706. The van der Waals surface area contributed by atoms with Crippen LogP contribution in [0.3, 0.4) is 0 Å². The number of nitrogens with one attached hydrogen (secondary N) is 8. The number of aromatic nitrogens is 10. The van der Waals surface area contributed by atoms with Crippen molar-refractivity contribution in [3.63, 3.8) is 0 Å². The summed E-state index contributed by atoms with van der Waals surface area (Å²) in [4.78, 5) is 33.7. The van der Waals surface area contributed by atoms with Crippen molar-refractivity contribution in [3.8, 4) is 46.1 Å². The summed E-state index contributed by atoms with van der Waals surface area (Å²) in [5.41, 5.74) is 33.4. The second-order valence-electron chi connectivity index (χ2n) is 13.8. The summed E-state index contributed by atoms with van der Waals surface area (Å²) < 4.78 is 3.92. The van der Waals surface area contributed by atoms with Gasteiger partial charge in [0.2, 0.25) is 0 Å². The van der Waals surface area contributed by atoms with Crippen molar-refractivity contribution in [1.29, 1.82) is 21.6 Å². The average Bonchev–Trinajstić information content (AvgIpc) is 4.05. The molecule has 18 nitrogen and oxygen atoms in total. The van der Waals surface area contributed by atoms with Crippen molar-refractivity contribution in [1.82, 2.24) is 49.2 Å². The number of hydrogen-bond acceptors (Lipinski definition) is 8. The number of nitrogens with two attached hydrogens (primary N) is 4. The molecule has 0 fully saturated rings. The summed E-state index contributed by atoms with van der Waals surface area (Å²) in [7, 11) is 0. The SMILES string of the molecule is N=C(N)c1ccc2[nH]c(-c3ccc(-c4nc5cc(C(=N)N)ccc5[nH]4)n3-n3c(-c4nc5cc(C(=N)N)ccc5[nH]4)ccc3-c3nc4cc(C(=N)N)ccc4[nH]3)nc2c1. The lowest BCUT2D eigenvalue weighted by atomic mass is 10.2. The molecule has 0 unspecified atom stereocenters. The Hall–Kier alpha value is -8.80. The van der Waals surface area contributed by atoms with Gasteiger partial charge in [-0.15, -0.1) is 0 Å². The standard InChI is InChI=1S/C40H32N18/c41-33(42)17-1-5-21-25(13-17)53-37(49-21)29-9-10-30(38-50-22-6-2-18(34(43)44)14-26(22)54-38)57(29)58-31(39-51-23-7-3-19(35(45)46)15-27(23)55-39)11-12-32(58)40-52-24-8-4-20(36(47)48)16-28(24)56-40/h1-16H,(H3,41,42)(H3,43,44)(H3,45,46)(H3,47,48)(H,49,53)(H,50,54)(H,51,55)(H,52,56). The van der Waals surface area contributed by atoms with E-state index < -0.39 is 0 Å². The lowest BCUT2D eigenvalue weighted by Gasteiger charge is -2.18. The zero-order chi connectivity index (χ0) is 40.0. The predicted molar refractivity (Wildman–Crippen MR) is 224 cm³/mol. The van der Waals surface area contributed by atoms with Crippen LogP contribution in [0.4, 0.5) is 0 Å². The van der Waals surface area contributed by atoms with Gasteiger partial charge in [0.1, 0.15) is 46.1 Å².